The van der Waals surface area contributed by atoms with Gasteiger partial charge in [0.15, 0.2) is 0 Å². The van der Waals surface area contributed by atoms with Crippen molar-refractivity contribution in [1.82, 2.24) is 19.4 Å². The highest BCUT2D eigenvalue weighted by atomic mass is 16.6. The molecule has 3 rings (SSSR count). The average molecular weight is 290 g/mol. The molecule has 3 heterocycles. The van der Waals surface area contributed by atoms with Crippen molar-refractivity contribution in [3.63, 3.8) is 0 Å². The number of aromatic amines is 1. The summed E-state index contributed by atoms with van der Waals surface area (Å²) < 4.78 is 6.74. The van der Waals surface area contributed by atoms with Crippen LogP contribution in [0.15, 0.2) is 23.3 Å². The molecule has 112 valence electrons. The third kappa shape index (κ3) is 2.39. The molecule has 1 N–H and O–H groups in total. The zero-order valence-corrected chi connectivity index (χ0v) is 11.9. The van der Waals surface area contributed by atoms with E-state index in [9.17, 15) is 9.59 Å². The Bertz CT molecular complexity index is 706. The van der Waals surface area contributed by atoms with Crippen LogP contribution in [-0.2, 0) is 4.74 Å². The second kappa shape index (κ2) is 5.59. The largest absolute Gasteiger partial charge is 0.450 e. The van der Waals surface area contributed by atoms with Gasteiger partial charge < -0.3 is 9.72 Å². The molecule has 2 aromatic heterocycles. The Morgan fingerprint density at radius 2 is 2.38 bits per heavy atom. The number of rotatable bonds is 2. The first-order chi connectivity index (χ1) is 10.2. The molecule has 1 saturated heterocycles. The van der Waals surface area contributed by atoms with Crippen LogP contribution in [0.2, 0.25) is 0 Å². The molecule has 1 unspecified atom stereocenters. The Morgan fingerprint density at radius 1 is 1.52 bits per heavy atom. The maximum atomic E-state index is 12.3. The molecule has 1 aliphatic rings. The number of carbonyl (C=O) groups excluding carboxylic acids is 1. The van der Waals surface area contributed by atoms with Gasteiger partial charge in [0.1, 0.15) is 6.17 Å². The van der Waals surface area contributed by atoms with Gasteiger partial charge in [0, 0.05) is 12.7 Å². The van der Waals surface area contributed by atoms with Crippen LogP contribution in [-0.4, -0.2) is 38.7 Å². The minimum Gasteiger partial charge on any atom is -0.450 e. The molecule has 0 saturated carbocycles. The molecule has 1 atom stereocenters. The smallest absolute Gasteiger partial charge is 0.411 e. The lowest BCUT2D eigenvalue weighted by Gasteiger charge is -2.35. The second-order valence-corrected chi connectivity index (χ2v) is 5.06. The number of nitrogens with one attached hydrogen (secondary N) is 1. The quantitative estimate of drug-likeness (QED) is 0.915. The third-order valence-electron chi connectivity index (χ3n) is 3.79. The zero-order chi connectivity index (χ0) is 14.8. The van der Waals surface area contributed by atoms with Crippen LogP contribution in [0.3, 0.4) is 0 Å². The Balaban J connectivity index is 2.04. The number of nitrogens with zero attached hydrogens (tertiary/aromatic N) is 3. The van der Waals surface area contributed by atoms with Crippen molar-refractivity contribution >= 4 is 17.1 Å². The summed E-state index contributed by atoms with van der Waals surface area (Å²) in [6.45, 7) is 2.71. The number of hydrogen-bond donors (Lipinski definition) is 1. The van der Waals surface area contributed by atoms with Crippen LogP contribution in [0.25, 0.3) is 11.0 Å². The van der Waals surface area contributed by atoms with Gasteiger partial charge in [-0.05, 0) is 32.3 Å². The van der Waals surface area contributed by atoms with Crippen LogP contribution >= 0.6 is 0 Å². The molecule has 0 spiro atoms. The molecular weight excluding hydrogens is 272 g/mol. The minimum absolute atomic E-state index is 0.223. The number of amides is 1. The average Bonchev–Trinajstić information content (AvgIpc) is 2.83. The lowest BCUT2D eigenvalue weighted by Crippen LogP contribution is -2.44. The standard InChI is InChI=1S/C14H18N4O3/c1-2-21-14(20)17-8-4-3-5-12(17)18-11-6-7-15-9-10(11)16-13(18)19/h6-7,9,12H,2-5,8H2,1H3,(H,16,19). The van der Waals surface area contributed by atoms with Crippen molar-refractivity contribution in [2.45, 2.75) is 32.4 Å². The topological polar surface area (TPSA) is 80.2 Å². The molecule has 0 bridgehead atoms. The van der Waals surface area contributed by atoms with Gasteiger partial charge in [-0.25, -0.2) is 9.59 Å². The van der Waals surface area contributed by atoms with E-state index in [0.29, 0.717) is 18.7 Å². The molecule has 0 aromatic carbocycles. The molecule has 0 radical (unpaired) electrons. The molecular formula is C14H18N4O3. The summed E-state index contributed by atoms with van der Waals surface area (Å²) in [6, 6.07) is 1.78. The van der Waals surface area contributed by atoms with Gasteiger partial charge in [-0.15, -0.1) is 0 Å². The van der Waals surface area contributed by atoms with Gasteiger partial charge >= 0.3 is 11.8 Å². The number of pyridine rings is 1. The van der Waals surface area contributed by atoms with Gasteiger partial charge in [-0.3, -0.25) is 14.5 Å². The fourth-order valence-corrected chi connectivity index (χ4v) is 2.88. The number of aromatic nitrogens is 3. The van der Waals surface area contributed by atoms with E-state index >= 15 is 0 Å². The first-order valence-electron chi connectivity index (χ1n) is 7.20. The molecule has 21 heavy (non-hydrogen) atoms. The SMILES string of the molecule is CCOC(=O)N1CCCCC1n1c(=O)[nH]c2cnccc21. The number of piperidine rings is 1. The highest BCUT2D eigenvalue weighted by Crippen LogP contribution is 2.28. The molecule has 1 aliphatic heterocycles. The Hall–Kier alpha value is -2.31. The van der Waals surface area contributed by atoms with Crippen molar-refractivity contribution in [2.24, 2.45) is 0 Å². The number of hydrogen-bond acceptors (Lipinski definition) is 4. The van der Waals surface area contributed by atoms with E-state index in [1.807, 2.05) is 0 Å². The zero-order valence-electron chi connectivity index (χ0n) is 11.9. The van der Waals surface area contributed by atoms with Crippen LogP contribution < -0.4 is 5.69 Å². The lowest BCUT2D eigenvalue weighted by atomic mass is 10.1. The molecule has 1 fully saturated rings. The first-order valence-corrected chi connectivity index (χ1v) is 7.20. The van der Waals surface area contributed by atoms with Crippen molar-refractivity contribution in [2.75, 3.05) is 13.2 Å². The maximum Gasteiger partial charge on any atom is 0.411 e. The minimum atomic E-state index is -0.363. The van der Waals surface area contributed by atoms with Crippen LogP contribution in [0.5, 0.6) is 0 Å². The van der Waals surface area contributed by atoms with Crippen molar-refractivity contribution in [3.05, 3.63) is 28.9 Å². The highest BCUT2D eigenvalue weighted by Gasteiger charge is 2.31. The summed E-state index contributed by atoms with van der Waals surface area (Å²) in [4.78, 5) is 32.8. The van der Waals surface area contributed by atoms with Crippen molar-refractivity contribution in [3.8, 4) is 0 Å². The highest BCUT2D eigenvalue weighted by molar-refractivity contribution is 5.74. The number of imidazole rings is 1. The molecule has 0 aliphatic carbocycles. The fraction of sp³-hybridized carbons (Fsp3) is 0.500. The summed E-state index contributed by atoms with van der Waals surface area (Å²) in [5.74, 6) is 0. The summed E-state index contributed by atoms with van der Waals surface area (Å²) in [6.07, 6.45) is 5.24. The molecule has 2 aromatic rings. The number of H-pyrrole nitrogens is 1. The lowest BCUT2D eigenvalue weighted by molar-refractivity contribution is 0.0557. The van der Waals surface area contributed by atoms with Crippen LogP contribution in [0, 0.1) is 0 Å². The second-order valence-electron chi connectivity index (χ2n) is 5.06. The van der Waals surface area contributed by atoms with Gasteiger partial charge in [0.05, 0.1) is 23.8 Å². The Kier molecular flexibility index (Phi) is 3.64. The molecule has 7 heteroatoms. The fourth-order valence-electron chi connectivity index (χ4n) is 2.88. The number of fused-ring (bicyclic) bond motifs is 1. The van der Waals surface area contributed by atoms with Gasteiger partial charge in [0.2, 0.25) is 0 Å². The summed E-state index contributed by atoms with van der Waals surface area (Å²) in [5, 5.41) is 0. The van der Waals surface area contributed by atoms with E-state index in [2.05, 4.69) is 9.97 Å². The van der Waals surface area contributed by atoms with Gasteiger partial charge in [-0.1, -0.05) is 0 Å². The number of carbonyl (C=O) groups is 1. The molecule has 1 amide bonds. The van der Waals surface area contributed by atoms with E-state index in [0.717, 1.165) is 24.8 Å². The predicted molar refractivity (Wildman–Crippen MR) is 77.0 cm³/mol. The van der Waals surface area contributed by atoms with Crippen molar-refractivity contribution < 1.29 is 9.53 Å². The number of likely N-dealkylation sites (tertiary alicyclic amines) is 1. The van der Waals surface area contributed by atoms with Gasteiger partial charge in [-0.2, -0.15) is 0 Å². The van der Waals surface area contributed by atoms with Crippen molar-refractivity contribution in [1.29, 1.82) is 0 Å². The Labute approximate surface area is 121 Å². The first kappa shape index (κ1) is 13.7. The van der Waals surface area contributed by atoms with E-state index in [1.54, 1.807) is 34.9 Å². The van der Waals surface area contributed by atoms with E-state index < -0.39 is 0 Å². The van der Waals surface area contributed by atoms with E-state index in [4.69, 9.17) is 4.74 Å². The third-order valence-corrected chi connectivity index (χ3v) is 3.79. The summed E-state index contributed by atoms with van der Waals surface area (Å²) in [7, 11) is 0. The van der Waals surface area contributed by atoms with E-state index in [-0.39, 0.29) is 17.9 Å². The molecule has 7 nitrogen and oxygen atoms in total. The summed E-state index contributed by atoms with van der Waals surface area (Å²) >= 11 is 0. The van der Waals surface area contributed by atoms with Crippen LogP contribution in [0.4, 0.5) is 4.79 Å². The van der Waals surface area contributed by atoms with Crippen LogP contribution in [0.1, 0.15) is 32.4 Å². The normalized spacial score (nSPS) is 18.9. The van der Waals surface area contributed by atoms with Gasteiger partial charge in [0.25, 0.3) is 0 Å². The monoisotopic (exact) mass is 290 g/mol. The predicted octanol–water partition coefficient (Wildman–Crippen LogP) is 1.87. The number of ether oxygens (including phenoxy) is 1. The maximum absolute atomic E-state index is 12.3. The summed E-state index contributed by atoms with van der Waals surface area (Å²) in [5.41, 5.74) is 1.22. The Morgan fingerprint density at radius 3 is 3.19 bits per heavy atom. The van der Waals surface area contributed by atoms with E-state index in [1.165, 1.54) is 0 Å².